The van der Waals surface area contributed by atoms with Gasteiger partial charge in [0.1, 0.15) is 6.61 Å². The molecule has 25 heavy (non-hydrogen) atoms. The molecular formula is C17H14ClN5O2. The lowest BCUT2D eigenvalue weighted by atomic mass is 10.2. The lowest BCUT2D eigenvalue weighted by Crippen LogP contribution is -2.22. The predicted octanol–water partition coefficient (Wildman–Crippen LogP) is 2.69. The molecule has 4 aromatic rings. The number of para-hydroxylation sites is 1. The van der Waals surface area contributed by atoms with Crippen LogP contribution in [0.3, 0.4) is 0 Å². The Morgan fingerprint density at radius 1 is 1.16 bits per heavy atom. The number of nitrogens with zero attached hydrogens (tertiary/aromatic N) is 5. The van der Waals surface area contributed by atoms with Crippen LogP contribution in [0.15, 0.2) is 47.4 Å². The molecule has 1 aromatic carbocycles. The minimum atomic E-state index is -0.0826. The van der Waals surface area contributed by atoms with Crippen molar-refractivity contribution in [2.75, 3.05) is 0 Å². The summed E-state index contributed by atoms with van der Waals surface area (Å²) in [6, 6.07) is 10.9. The van der Waals surface area contributed by atoms with E-state index in [1.807, 2.05) is 29.5 Å². The van der Waals surface area contributed by atoms with Gasteiger partial charge in [-0.25, -0.2) is 4.98 Å². The summed E-state index contributed by atoms with van der Waals surface area (Å²) in [5.41, 5.74) is 0.661. The molecule has 0 unspecified atom stereocenters. The maximum atomic E-state index is 12.6. The minimum absolute atomic E-state index is 0.0826. The van der Waals surface area contributed by atoms with Crippen LogP contribution < -0.4 is 10.3 Å². The first-order valence-corrected chi connectivity index (χ1v) is 8.17. The van der Waals surface area contributed by atoms with Crippen LogP contribution in [0.25, 0.3) is 16.7 Å². The topological polar surface area (TPSA) is 74.3 Å². The first-order valence-electron chi connectivity index (χ1n) is 7.79. The number of ether oxygens (including phenoxy) is 1. The van der Waals surface area contributed by atoms with Crippen molar-refractivity contribution in [1.82, 2.24) is 24.1 Å². The second-order valence-electron chi connectivity index (χ2n) is 5.40. The molecule has 0 spiro atoms. The number of fused-ring (bicyclic) bond motifs is 3. The first-order chi connectivity index (χ1) is 12.2. The smallest absolute Gasteiger partial charge is 0.262 e. The van der Waals surface area contributed by atoms with Gasteiger partial charge in [0.15, 0.2) is 16.7 Å². The van der Waals surface area contributed by atoms with E-state index in [0.717, 1.165) is 5.52 Å². The molecule has 0 radical (unpaired) electrons. The lowest BCUT2D eigenvalue weighted by molar-refractivity contribution is 0.294. The van der Waals surface area contributed by atoms with Crippen molar-refractivity contribution in [2.24, 2.45) is 0 Å². The highest BCUT2D eigenvalue weighted by atomic mass is 35.5. The van der Waals surface area contributed by atoms with Gasteiger partial charge < -0.3 is 4.74 Å². The molecule has 3 aromatic heterocycles. The molecule has 4 rings (SSSR count). The van der Waals surface area contributed by atoms with Crippen LogP contribution in [0.5, 0.6) is 5.75 Å². The van der Waals surface area contributed by atoms with E-state index in [1.54, 1.807) is 29.0 Å². The molecule has 0 aliphatic heterocycles. The molecule has 0 fully saturated rings. The van der Waals surface area contributed by atoms with Crippen LogP contribution in [0, 0.1) is 0 Å². The van der Waals surface area contributed by atoms with Crippen LogP contribution in [0.4, 0.5) is 0 Å². The maximum absolute atomic E-state index is 12.6. The molecule has 0 bridgehead atoms. The van der Waals surface area contributed by atoms with Crippen molar-refractivity contribution < 1.29 is 4.74 Å². The van der Waals surface area contributed by atoms with Gasteiger partial charge in [-0.1, -0.05) is 23.7 Å². The fourth-order valence-electron chi connectivity index (χ4n) is 2.81. The van der Waals surface area contributed by atoms with Gasteiger partial charge >= 0.3 is 0 Å². The van der Waals surface area contributed by atoms with Gasteiger partial charge in [0.05, 0.1) is 10.9 Å². The molecule has 0 aliphatic rings. The largest absolute Gasteiger partial charge is 0.482 e. The van der Waals surface area contributed by atoms with Crippen molar-refractivity contribution in [3.05, 3.63) is 63.9 Å². The number of aromatic nitrogens is 5. The van der Waals surface area contributed by atoms with Gasteiger partial charge in [-0.2, -0.15) is 0 Å². The Kier molecular flexibility index (Phi) is 3.85. The molecule has 0 aliphatic carbocycles. The van der Waals surface area contributed by atoms with Gasteiger partial charge in [-0.3, -0.25) is 13.8 Å². The highest BCUT2D eigenvalue weighted by Crippen LogP contribution is 2.22. The Balaban J connectivity index is 1.87. The molecule has 126 valence electrons. The first kappa shape index (κ1) is 15.6. The van der Waals surface area contributed by atoms with E-state index in [4.69, 9.17) is 16.3 Å². The molecule has 3 heterocycles. The number of benzene rings is 1. The third kappa shape index (κ3) is 2.53. The maximum Gasteiger partial charge on any atom is 0.262 e. The number of rotatable bonds is 4. The monoisotopic (exact) mass is 355 g/mol. The number of halogens is 1. The summed E-state index contributed by atoms with van der Waals surface area (Å²) >= 11 is 6.02. The summed E-state index contributed by atoms with van der Waals surface area (Å²) in [7, 11) is 0. The summed E-state index contributed by atoms with van der Waals surface area (Å²) < 4.78 is 9.17. The Morgan fingerprint density at radius 3 is 2.80 bits per heavy atom. The van der Waals surface area contributed by atoms with Crippen molar-refractivity contribution in [3.63, 3.8) is 0 Å². The molecule has 0 saturated heterocycles. The Labute approximate surface area is 147 Å². The Bertz CT molecular complexity index is 1130. The highest BCUT2D eigenvalue weighted by molar-refractivity contribution is 6.30. The third-order valence-corrected chi connectivity index (χ3v) is 4.26. The summed E-state index contributed by atoms with van der Waals surface area (Å²) in [5.74, 6) is 1.53. The van der Waals surface area contributed by atoms with E-state index in [2.05, 4.69) is 15.2 Å². The van der Waals surface area contributed by atoms with E-state index in [9.17, 15) is 4.79 Å². The van der Waals surface area contributed by atoms with E-state index >= 15 is 0 Å². The summed E-state index contributed by atoms with van der Waals surface area (Å²) in [6.07, 6.45) is 1.59. The second-order valence-corrected chi connectivity index (χ2v) is 5.76. The summed E-state index contributed by atoms with van der Waals surface area (Å²) in [5, 5.41) is 9.28. The van der Waals surface area contributed by atoms with Gasteiger partial charge in [0.25, 0.3) is 5.56 Å². The molecule has 0 amide bonds. The minimum Gasteiger partial charge on any atom is -0.482 e. The number of hydrogen-bond acceptors (Lipinski definition) is 5. The van der Waals surface area contributed by atoms with Crippen LogP contribution in [0.2, 0.25) is 5.15 Å². The Morgan fingerprint density at radius 2 is 2.00 bits per heavy atom. The molecule has 8 heteroatoms. The molecule has 0 N–H and O–H groups in total. The second kappa shape index (κ2) is 6.18. The zero-order chi connectivity index (χ0) is 17.4. The van der Waals surface area contributed by atoms with Gasteiger partial charge in [0.2, 0.25) is 5.78 Å². The number of hydrogen-bond donors (Lipinski definition) is 0. The Hall–Kier alpha value is -2.93. The molecule has 7 nitrogen and oxygen atoms in total. The lowest BCUT2D eigenvalue weighted by Gasteiger charge is -2.10. The standard InChI is InChI=1S/C17H14ClN5O2/c1-2-22-16(24)11-6-3-4-7-12(11)23-14(20-21-17(22)23)10-25-13-8-5-9-19-15(13)18/h3-9H,2,10H2,1H3. The fourth-order valence-corrected chi connectivity index (χ4v) is 2.99. The summed E-state index contributed by atoms with van der Waals surface area (Å²) in [4.78, 5) is 16.6. The average Bonchev–Trinajstić information content (AvgIpc) is 3.05. The van der Waals surface area contributed by atoms with Crippen molar-refractivity contribution in [2.45, 2.75) is 20.1 Å². The van der Waals surface area contributed by atoms with Crippen LogP contribution in [-0.4, -0.2) is 24.1 Å². The molecule has 0 atom stereocenters. The SMILES string of the molecule is CCn1c(=O)c2ccccc2n2c(COc3cccnc3Cl)nnc12. The van der Waals surface area contributed by atoms with Crippen molar-refractivity contribution in [1.29, 1.82) is 0 Å². The number of aryl methyl sites for hydroxylation is 1. The predicted molar refractivity (Wildman–Crippen MR) is 94.0 cm³/mol. The zero-order valence-electron chi connectivity index (χ0n) is 13.4. The van der Waals surface area contributed by atoms with E-state index in [0.29, 0.717) is 29.3 Å². The van der Waals surface area contributed by atoms with Gasteiger partial charge in [-0.05, 0) is 31.2 Å². The average molecular weight is 356 g/mol. The van der Waals surface area contributed by atoms with Crippen LogP contribution >= 0.6 is 11.6 Å². The highest BCUT2D eigenvalue weighted by Gasteiger charge is 2.16. The molecular weight excluding hydrogens is 342 g/mol. The van der Waals surface area contributed by atoms with E-state index in [1.165, 1.54) is 0 Å². The third-order valence-electron chi connectivity index (χ3n) is 3.97. The van der Waals surface area contributed by atoms with Crippen molar-refractivity contribution in [3.8, 4) is 5.75 Å². The normalized spacial score (nSPS) is 11.3. The van der Waals surface area contributed by atoms with Crippen LogP contribution in [-0.2, 0) is 13.2 Å². The van der Waals surface area contributed by atoms with E-state index < -0.39 is 0 Å². The zero-order valence-corrected chi connectivity index (χ0v) is 14.1. The summed E-state index contributed by atoms with van der Waals surface area (Å²) in [6.45, 7) is 2.55. The van der Waals surface area contributed by atoms with Crippen LogP contribution in [0.1, 0.15) is 12.7 Å². The quantitative estimate of drug-likeness (QED) is 0.526. The van der Waals surface area contributed by atoms with Gasteiger partial charge in [0, 0.05) is 12.7 Å². The molecule has 0 saturated carbocycles. The van der Waals surface area contributed by atoms with E-state index in [-0.39, 0.29) is 17.3 Å². The fraction of sp³-hybridized carbons (Fsp3) is 0.176. The number of pyridine rings is 1. The van der Waals surface area contributed by atoms with Crippen molar-refractivity contribution >= 4 is 28.3 Å². The van der Waals surface area contributed by atoms with Gasteiger partial charge in [-0.15, -0.1) is 10.2 Å².